The molecule has 1 atom stereocenters. The second kappa shape index (κ2) is 9.03. The molecule has 1 aromatic heterocycles. The van der Waals surface area contributed by atoms with Gasteiger partial charge in [-0.3, -0.25) is 4.98 Å². The molecule has 24 heavy (non-hydrogen) atoms. The largest absolute Gasteiger partial charge is 0.384 e. The van der Waals surface area contributed by atoms with Gasteiger partial charge in [-0.2, -0.15) is 0 Å². The number of pyridine rings is 1. The van der Waals surface area contributed by atoms with Crippen molar-refractivity contribution in [2.75, 3.05) is 19.6 Å². The number of benzene rings is 1. The first-order valence-electron chi connectivity index (χ1n) is 8.31. The number of aliphatic hydroxyl groups is 1. The van der Waals surface area contributed by atoms with Gasteiger partial charge < -0.3 is 15.7 Å². The van der Waals surface area contributed by atoms with Gasteiger partial charge >= 0.3 is 0 Å². The number of hydrogen-bond acceptors (Lipinski definition) is 3. The number of nitrogens with one attached hydrogen (secondary N) is 2. The predicted molar refractivity (Wildman–Crippen MR) is 97.9 cm³/mol. The zero-order valence-corrected chi connectivity index (χ0v) is 14.4. The molecule has 0 saturated carbocycles. The molecule has 0 aliphatic carbocycles. The summed E-state index contributed by atoms with van der Waals surface area (Å²) in [7, 11) is 0. The highest BCUT2D eigenvalue weighted by atomic mass is 16.3. The van der Waals surface area contributed by atoms with E-state index in [1.165, 1.54) is 5.56 Å². The average Bonchev–Trinajstić information content (AvgIpc) is 2.61. The van der Waals surface area contributed by atoms with Crippen molar-refractivity contribution in [1.82, 2.24) is 15.6 Å². The molecule has 5 heteroatoms. The number of guanidine groups is 1. The van der Waals surface area contributed by atoms with Gasteiger partial charge in [0, 0.05) is 25.5 Å². The molecule has 5 nitrogen and oxygen atoms in total. The lowest BCUT2D eigenvalue weighted by molar-refractivity contribution is 0.0672. The highest BCUT2D eigenvalue weighted by Crippen LogP contribution is 2.20. The van der Waals surface area contributed by atoms with Gasteiger partial charge in [0.05, 0.1) is 6.54 Å². The summed E-state index contributed by atoms with van der Waals surface area (Å²) >= 11 is 0. The maximum Gasteiger partial charge on any atom is 0.191 e. The number of aliphatic imine (C=N–C) groups is 1. The lowest BCUT2D eigenvalue weighted by Gasteiger charge is -2.22. The summed E-state index contributed by atoms with van der Waals surface area (Å²) in [5.41, 5.74) is 1.05. The molecule has 0 fully saturated rings. The van der Waals surface area contributed by atoms with E-state index in [2.05, 4.69) is 26.7 Å². The summed E-state index contributed by atoms with van der Waals surface area (Å²) in [6.07, 6.45) is 4.51. The predicted octanol–water partition coefficient (Wildman–Crippen LogP) is 2.09. The molecule has 2 rings (SSSR count). The van der Waals surface area contributed by atoms with Crippen molar-refractivity contribution in [3.63, 3.8) is 0 Å². The van der Waals surface area contributed by atoms with E-state index in [1.807, 2.05) is 49.5 Å². The molecule has 1 unspecified atom stereocenters. The summed E-state index contributed by atoms with van der Waals surface area (Å²) in [5.74, 6) is 0.706. The molecule has 0 radical (unpaired) electrons. The van der Waals surface area contributed by atoms with Crippen LogP contribution in [0, 0.1) is 0 Å². The summed E-state index contributed by atoms with van der Waals surface area (Å²) in [5, 5.41) is 17.1. The fourth-order valence-corrected chi connectivity index (χ4v) is 2.33. The Kier molecular flexibility index (Phi) is 6.75. The van der Waals surface area contributed by atoms with Crippen molar-refractivity contribution in [2.24, 2.45) is 4.99 Å². The second-order valence-corrected chi connectivity index (χ2v) is 5.87. The standard InChI is InChI=1S/C19H26N4O/c1-3-21-18(22-13-11-16-8-7-12-20-14-16)23-15-19(2,24)17-9-5-4-6-10-17/h4-10,12,14,24H,3,11,13,15H2,1-2H3,(H2,21,22,23). The van der Waals surface area contributed by atoms with Gasteiger partial charge in [0.25, 0.3) is 0 Å². The third kappa shape index (κ3) is 5.66. The summed E-state index contributed by atoms with van der Waals surface area (Å²) in [6.45, 7) is 5.62. The van der Waals surface area contributed by atoms with Crippen LogP contribution in [0.25, 0.3) is 0 Å². The highest BCUT2D eigenvalue weighted by Gasteiger charge is 2.22. The molecule has 0 bridgehead atoms. The Hall–Kier alpha value is -2.40. The normalized spacial score (nSPS) is 14.0. The average molecular weight is 326 g/mol. The number of nitrogens with zero attached hydrogens (tertiary/aromatic N) is 2. The first-order chi connectivity index (χ1) is 11.6. The van der Waals surface area contributed by atoms with Crippen molar-refractivity contribution < 1.29 is 5.11 Å². The quantitative estimate of drug-likeness (QED) is 0.538. The van der Waals surface area contributed by atoms with E-state index < -0.39 is 5.60 Å². The Bertz CT molecular complexity index is 626. The third-order valence-electron chi connectivity index (χ3n) is 3.71. The van der Waals surface area contributed by atoms with Gasteiger partial charge in [0.2, 0.25) is 0 Å². The van der Waals surface area contributed by atoms with Gasteiger partial charge in [0.15, 0.2) is 5.96 Å². The molecule has 128 valence electrons. The molecule has 0 saturated heterocycles. The highest BCUT2D eigenvalue weighted by molar-refractivity contribution is 5.79. The zero-order valence-electron chi connectivity index (χ0n) is 14.4. The fourth-order valence-electron chi connectivity index (χ4n) is 2.33. The van der Waals surface area contributed by atoms with Crippen LogP contribution in [0.4, 0.5) is 0 Å². The number of hydrogen-bond donors (Lipinski definition) is 3. The molecule has 0 spiro atoms. The molecule has 1 heterocycles. The SMILES string of the molecule is CCNC(=NCC(C)(O)c1ccccc1)NCCc1cccnc1. The van der Waals surface area contributed by atoms with E-state index >= 15 is 0 Å². The Balaban J connectivity index is 1.92. The molecule has 3 N–H and O–H groups in total. The van der Waals surface area contributed by atoms with Crippen LogP contribution in [0.5, 0.6) is 0 Å². The van der Waals surface area contributed by atoms with E-state index in [9.17, 15) is 5.11 Å². The topological polar surface area (TPSA) is 69.5 Å². The molecule has 0 aliphatic heterocycles. The lowest BCUT2D eigenvalue weighted by atomic mass is 9.96. The van der Waals surface area contributed by atoms with E-state index in [0.29, 0.717) is 12.5 Å². The Morgan fingerprint density at radius 1 is 1.17 bits per heavy atom. The number of rotatable bonds is 7. The van der Waals surface area contributed by atoms with E-state index in [-0.39, 0.29) is 0 Å². The monoisotopic (exact) mass is 326 g/mol. The van der Waals surface area contributed by atoms with Gasteiger partial charge in [0.1, 0.15) is 5.60 Å². The number of aromatic nitrogens is 1. The fraction of sp³-hybridized carbons (Fsp3) is 0.368. The molecule has 2 aromatic rings. The van der Waals surface area contributed by atoms with Gasteiger partial charge in [-0.25, -0.2) is 4.99 Å². The lowest BCUT2D eigenvalue weighted by Crippen LogP contribution is -2.39. The Morgan fingerprint density at radius 3 is 2.62 bits per heavy atom. The third-order valence-corrected chi connectivity index (χ3v) is 3.71. The van der Waals surface area contributed by atoms with Crippen molar-refractivity contribution in [3.05, 3.63) is 66.0 Å². The molecular formula is C19H26N4O. The molecule has 0 amide bonds. The van der Waals surface area contributed by atoms with Crippen molar-refractivity contribution in [2.45, 2.75) is 25.9 Å². The van der Waals surface area contributed by atoms with Crippen LogP contribution in [0.15, 0.2) is 59.9 Å². The van der Waals surface area contributed by atoms with Crippen molar-refractivity contribution in [1.29, 1.82) is 0 Å². The van der Waals surface area contributed by atoms with Crippen LogP contribution >= 0.6 is 0 Å². The van der Waals surface area contributed by atoms with Crippen LogP contribution < -0.4 is 10.6 Å². The van der Waals surface area contributed by atoms with Crippen LogP contribution in [-0.4, -0.2) is 35.7 Å². The maximum absolute atomic E-state index is 10.6. The Morgan fingerprint density at radius 2 is 1.96 bits per heavy atom. The Labute approximate surface area is 143 Å². The summed E-state index contributed by atoms with van der Waals surface area (Å²) in [6, 6.07) is 13.6. The van der Waals surface area contributed by atoms with Crippen LogP contribution in [0.3, 0.4) is 0 Å². The summed E-state index contributed by atoms with van der Waals surface area (Å²) in [4.78, 5) is 8.64. The van der Waals surface area contributed by atoms with E-state index in [4.69, 9.17) is 0 Å². The van der Waals surface area contributed by atoms with Crippen molar-refractivity contribution in [3.8, 4) is 0 Å². The van der Waals surface area contributed by atoms with Gasteiger partial charge in [-0.1, -0.05) is 36.4 Å². The second-order valence-electron chi connectivity index (χ2n) is 5.87. The van der Waals surface area contributed by atoms with Crippen LogP contribution in [0.2, 0.25) is 0 Å². The van der Waals surface area contributed by atoms with Crippen molar-refractivity contribution >= 4 is 5.96 Å². The van der Waals surface area contributed by atoms with Crippen LogP contribution in [-0.2, 0) is 12.0 Å². The first-order valence-corrected chi connectivity index (χ1v) is 8.31. The van der Waals surface area contributed by atoms with E-state index in [0.717, 1.165) is 25.1 Å². The smallest absolute Gasteiger partial charge is 0.191 e. The minimum atomic E-state index is -0.993. The zero-order chi connectivity index (χ0) is 17.3. The van der Waals surface area contributed by atoms with Crippen LogP contribution in [0.1, 0.15) is 25.0 Å². The molecule has 0 aliphatic rings. The molecular weight excluding hydrogens is 300 g/mol. The van der Waals surface area contributed by atoms with Gasteiger partial charge in [-0.05, 0) is 37.5 Å². The maximum atomic E-state index is 10.6. The molecule has 1 aromatic carbocycles. The summed E-state index contributed by atoms with van der Waals surface area (Å²) < 4.78 is 0. The first kappa shape index (κ1) is 17.9. The van der Waals surface area contributed by atoms with E-state index in [1.54, 1.807) is 13.1 Å². The minimum absolute atomic E-state index is 0.291. The van der Waals surface area contributed by atoms with Gasteiger partial charge in [-0.15, -0.1) is 0 Å². The minimum Gasteiger partial charge on any atom is -0.384 e.